The number of para-hydroxylation sites is 1. The van der Waals surface area contributed by atoms with Crippen LogP contribution in [0.1, 0.15) is 18.9 Å². The van der Waals surface area contributed by atoms with Gasteiger partial charge in [-0.15, -0.1) is 0 Å². The number of nitrogens with one attached hydrogen (secondary N) is 1. The Morgan fingerprint density at radius 3 is 2.91 bits per heavy atom. The predicted molar refractivity (Wildman–Crippen MR) is 93.2 cm³/mol. The van der Waals surface area contributed by atoms with Crippen LogP contribution in [0.4, 0.5) is 11.4 Å². The number of anilines is 2. The predicted octanol–water partition coefficient (Wildman–Crippen LogP) is 3.48. The summed E-state index contributed by atoms with van der Waals surface area (Å²) < 4.78 is 5.20. The molecule has 1 aliphatic heterocycles. The molecule has 4 nitrogen and oxygen atoms in total. The molecular formula is C19H22N2O2. The van der Waals surface area contributed by atoms with E-state index >= 15 is 0 Å². The van der Waals surface area contributed by atoms with Gasteiger partial charge in [-0.2, -0.15) is 0 Å². The highest BCUT2D eigenvalue weighted by molar-refractivity contribution is 5.96. The number of fused-ring (bicyclic) bond motifs is 1. The first-order chi connectivity index (χ1) is 11.2. The van der Waals surface area contributed by atoms with Crippen molar-refractivity contribution in [1.29, 1.82) is 0 Å². The Kier molecular flexibility index (Phi) is 4.51. The van der Waals surface area contributed by atoms with Gasteiger partial charge in [0, 0.05) is 36.4 Å². The number of benzene rings is 2. The molecule has 120 valence electrons. The molecule has 0 saturated carbocycles. The highest BCUT2D eigenvalue weighted by Gasteiger charge is 2.29. The fourth-order valence-electron chi connectivity index (χ4n) is 3.11. The lowest BCUT2D eigenvalue weighted by Gasteiger charge is -2.23. The van der Waals surface area contributed by atoms with Crippen molar-refractivity contribution in [1.82, 2.24) is 0 Å². The number of hydrogen-bond donors (Lipinski definition) is 1. The van der Waals surface area contributed by atoms with Crippen LogP contribution in [0.15, 0.2) is 48.5 Å². The quantitative estimate of drug-likeness (QED) is 0.919. The van der Waals surface area contributed by atoms with Gasteiger partial charge < -0.3 is 15.0 Å². The summed E-state index contributed by atoms with van der Waals surface area (Å²) in [4.78, 5) is 14.5. The Morgan fingerprint density at radius 1 is 1.26 bits per heavy atom. The van der Waals surface area contributed by atoms with Gasteiger partial charge in [-0.05, 0) is 37.1 Å². The molecule has 1 heterocycles. The molecule has 0 bridgehead atoms. The van der Waals surface area contributed by atoms with Crippen LogP contribution in [-0.2, 0) is 11.2 Å². The molecular weight excluding hydrogens is 288 g/mol. The second-order valence-corrected chi connectivity index (χ2v) is 5.85. The normalized spacial score (nSPS) is 16.1. The fraction of sp³-hybridized carbons (Fsp3) is 0.316. The van der Waals surface area contributed by atoms with Crippen molar-refractivity contribution in [2.75, 3.05) is 23.9 Å². The molecule has 1 atom stereocenters. The topological polar surface area (TPSA) is 41.6 Å². The zero-order chi connectivity index (χ0) is 16.2. The van der Waals surface area contributed by atoms with Crippen LogP contribution in [0.25, 0.3) is 0 Å². The van der Waals surface area contributed by atoms with Gasteiger partial charge in [-0.1, -0.05) is 24.3 Å². The van der Waals surface area contributed by atoms with Gasteiger partial charge in [0.15, 0.2) is 0 Å². The zero-order valence-electron chi connectivity index (χ0n) is 13.6. The number of carbonyl (C=O) groups excluding carboxylic acids is 1. The van der Waals surface area contributed by atoms with Crippen LogP contribution in [0, 0.1) is 0 Å². The average Bonchev–Trinajstić information content (AvgIpc) is 2.90. The SMILES string of the molecule is COc1cccc(NCCC(=O)N2c3ccccc3CC2C)c1. The zero-order valence-corrected chi connectivity index (χ0v) is 13.6. The Hall–Kier alpha value is -2.49. The number of ether oxygens (including phenoxy) is 1. The Balaban J connectivity index is 1.59. The molecule has 0 aliphatic carbocycles. The van der Waals surface area contributed by atoms with E-state index in [4.69, 9.17) is 4.74 Å². The van der Waals surface area contributed by atoms with E-state index in [1.54, 1.807) is 7.11 Å². The van der Waals surface area contributed by atoms with Crippen molar-refractivity contribution in [3.05, 3.63) is 54.1 Å². The molecule has 2 aromatic carbocycles. The summed E-state index contributed by atoms with van der Waals surface area (Å²) in [6, 6.07) is 16.1. The van der Waals surface area contributed by atoms with E-state index in [0.29, 0.717) is 13.0 Å². The van der Waals surface area contributed by atoms with Crippen LogP contribution in [0.5, 0.6) is 5.75 Å². The summed E-state index contributed by atoms with van der Waals surface area (Å²) in [5, 5.41) is 3.29. The molecule has 1 aliphatic rings. The van der Waals surface area contributed by atoms with E-state index in [0.717, 1.165) is 23.5 Å². The molecule has 0 aromatic heterocycles. The second-order valence-electron chi connectivity index (χ2n) is 5.85. The summed E-state index contributed by atoms with van der Waals surface area (Å²) >= 11 is 0. The van der Waals surface area contributed by atoms with Gasteiger partial charge in [0.25, 0.3) is 0 Å². The van der Waals surface area contributed by atoms with Crippen LogP contribution in [-0.4, -0.2) is 25.6 Å². The van der Waals surface area contributed by atoms with E-state index in [1.807, 2.05) is 47.4 Å². The molecule has 23 heavy (non-hydrogen) atoms. The Labute approximate surface area is 137 Å². The number of rotatable bonds is 5. The Bertz CT molecular complexity index is 699. The lowest BCUT2D eigenvalue weighted by molar-refractivity contribution is -0.118. The second kappa shape index (κ2) is 6.73. The summed E-state index contributed by atoms with van der Waals surface area (Å²) in [7, 11) is 1.65. The minimum absolute atomic E-state index is 0.165. The van der Waals surface area contributed by atoms with E-state index in [1.165, 1.54) is 5.56 Å². The molecule has 3 rings (SSSR count). The third kappa shape index (κ3) is 3.31. The Morgan fingerprint density at radius 2 is 2.09 bits per heavy atom. The van der Waals surface area contributed by atoms with E-state index in [9.17, 15) is 4.79 Å². The minimum Gasteiger partial charge on any atom is -0.497 e. The minimum atomic E-state index is 0.165. The smallest absolute Gasteiger partial charge is 0.229 e. The van der Waals surface area contributed by atoms with Crippen molar-refractivity contribution < 1.29 is 9.53 Å². The maximum atomic E-state index is 12.6. The third-order valence-corrected chi connectivity index (χ3v) is 4.21. The lowest BCUT2D eigenvalue weighted by atomic mass is 10.1. The van der Waals surface area contributed by atoms with Crippen molar-refractivity contribution >= 4 is 17.3 Å². The van der Waals surface area contributed by atoms with Crippen molar-refractivity contribution in [2.24, 2.45) is 0 Å². The van der Waals surface area contributed by atoms with Crippen molar-refractivity contribution in [3.63, 3.8) is 0 Å². The first-order valence-electron chi connectivity index (χ1n) is 7.97. The summed E-state index contributed by atoms with van der Waals surface area (Å²) in [5.41, 5.74) is 3.28. The van der Waals surface area contributed by atoms with Crippen LogP contribution >= 0.6 is 0 Å². The van der Waals surface area contributed by atoms with Gasteiger partial charge in [0.05, 0.1) is 7.11 Å². The fourth-order valence-corrected chi connectivity index (χ4v) is 3.11. The van der Waals surface area contributed by atoms with Crippen molar-refractivity contribution in [3.8, 4) is 5.75 Å². The van der Waals surface area contributed by atoms with Crippen LogP contribution < -0.4 is 15.0 Å². The van der Waals surface area contributed by atoms with E-state index < -0.39 is 0 Å². The summed E-state index contributed by atoms with van der Waals surface area (Å²) in [6.45, 7) is 2.71. The standard InChI is InChI=1S/C19H22N2O2/c1-14-12-15-6-3-4-9-18(15)21(14)19(22)10-11-20-16-7-5-8-17(13-16)23-2/h3-9,13-14,20H,10-12H2,1-2H3. The number of nitrogens with zero attached hydrogens (tertiary/aromatic N) is 1. The molecule has 1 unspecified atom stereocenters. The summed E-state index contributed by atoms with van der Waals surface area (Å²) in [5.74, 6) is 0.973. The van der Waals surface area contributed by atoms with Gasteiger partial charge in [0.2, 0.25) is 5.91 Å². The molecule has 0 radical (unpaired) electrons. The molecule has 0 fully saturated rings. The highest BCUT2D eigenvalue weighted by atomic mass is 16.5. The monoisotopic (exact) mass is 310 g/mol. The number of amides is 1. The summed E-state index contributed by atoms with van der Waals surface area (Å²) in [6.07, 6.45) is 1.40. The van der Waals surface area contributed by atoms with E-state index in [2.05, 4.69) is 18.3 Å². The largest absolute Gasteiger partial charge is 0.497 e. The first-order valence-corrected chi connectivity index (χ1v) is 7.97. The van der Waals surface area contributed by atoms with E-state index in [-0.39, 0.29) is 11.9 Å². The maximum absolute atomic E-state index is 12.6. The first kappa shape index (κ1) is 15.4. The van der Waals surface area contributed by atoms with Gasteiger partial charge in [-0.3, -0.25) is 4.79 Å². The van der Waals surface area contributed by atoms with Gasteiger partial charge >= 0.3 is 0 Å². The molecule has 0 spiro atoms. The number of hydrogen-bond acceptors (Lipinski definition) is 3. The molecule has 1 N–H and O–H groups in total. The lowest BCUT2D eigenvalue weighted by Crippen LogP contribution is -2.36. The molecule has 4 heteroatoms. The number of methoxy groups -OCH3 is 1. The van der Waals surface area contributed by atoms with Crippen LogP contribution in [0.3, 0.4) is 0 Å². The van der Waals surface area contributed by atoms with Gasteiger partial charge in [0.1, 0.15) is 5.75 Å². The maximum Gasteiger partial charge on any atom is 0.229 e. The highest BCUT2D eigenvalue weighted by Crippen LogP contribution is 2.32. The third-order valence-electron chi connectivity index (χ3n) is 4.21. The number of carbonyl (C=O) groups is 1. The van der Waals surface area contributed by atoms with Crippen LogP contribution in [0.2, 0.25) is 0 Å². The van der Waals surface area contributed by atoms with Crippen molar-refractivity contribution in [2.45, 2.75) is 25.8 Å². The molecule has 2 aromatic rings. The molecule has 1 amide bonds. The van der Waals surface area contributed by atoms with Gasteiger partial charge in [-0.25, -0.2) is 0 Å². The average molecular weight is 310 g/mol. The molecule has 0 saturated heterocycles.